The summed E-state index contributed by atoms with van der Waals surface area (Å²) in [6.07, 6.45) is 0.887. The topological polar surface area (TPSA) is 23.5 Å². The van der Waals surface area contributed by atoms with Crippen LogP contribution in [0.15, 0.2) is 15.2 Å². The maximum absolute atomic E-state index is 9.80. The van der Waals surface area contributed by atoms with Crippen molar-refractivity contribution in [3.63, 3.8) is 0 Å². The van der Waals surface area contributed by atoms with Gasteiger partial charge in [0.25, 0.3) is 0 Å². The number of halogens is 1. The van der Waals surface area contributed by atoms with E-state index in [1.807, 2.05) is 6.92 Å². The summed E-state index contributed by atoms with van der Waals surface area (Å²) in [6.45, 7) is 4.66. The third kappa shape index (κ3) is 2.57. The van der Waals surface area contributed by atoms with Gasteiger partial charge in [-0.05, 0) is 46.3 Å². The van der Waals surface area contributed by atoms with Gasteiger partial charge in [-0.15, -0.1) is 11.3 Å². The Morgan fingerprint density at radius 1 is 1.71 bits per heavy atom. The minimum Gasteiger partial charge on any atom is -0.389 e. The molecule has 1 aliphatic heterocycles. The van der Waals surface area contributed by atoms with Gasteiger partial charge in [0.05, 0.1) is 9.39 Å². The van der Waals surface area contributed by atoms with Crippen LogP contribution in [0, 0.1) is 0 Å². The van der Waals surface area contributed by atoms with Crippen molar-refractivity contribution in [3.8, 4) is 0 Å². The highest BCUT2D eigenvalue weighted by Gasteiger charge is 2.30. The van der Waals surface area contributed by atoms with E-state index in [0.29, 0.717) is 0 Å². The first-order valence-corrected chi connectivity index (χ1v) is 6.40. The van der Waals surface area contributed by atoms with E-state index in [1.54, 1.807) is 11.3 Å². The Bertz CT molecular complexity index is 324. The van der Waals surface area contributed by atoms with Crippen LogP contribution in [0.25, 0.3) is 0 Å². The summed E-state index contributed by atoms with van der Waals surface area (Å²) in [6, 6.07) is 2.15. The molecule has 1 aromatic heterocycles. The van der Waals surface area contributed by atoms with Crippen molar-refractivity contribution in [2.45, 2.75) is 25.5 Å². The fourth-order valence-electron chi connectivity index (χ4n) is 1.86. The summed E-state index contributed by atoms with van der Waals surface area (Å²) in [5, 5.41) is 12.0. The number of rotatable bonds is 2. The largest absolute Gasteiger partial charge is 0.389 e. The predicted molar refractivity (Wildman–Crippen MR) is 62.5 cm³/mol. The number of thiophene rings is 1. The molecule has 0 bridgehead atoms. The van der Waals surface area contributed by atoms with Crippen molar-refractivity contribution in [2.75, 3.05) is 13.1 Å². The van der Waals surface area contributed by atoms with Crippen molar-refractivity contribution in [1.29, 1.82) is 0 Å². The summed E-state index contributed by atoms with van der Waals surface area (Å²) in [4.78, 5) is 2.30. The second-order valence-corrected chi connectivity index (χ2v) is 6.51. The second kappa shape index (κ2) is 3.93. The molecule has 2 heterocycles. The monoisotopic (exact) mass is 275 g/mol. The quantitative estimate of drug-likeness (QED) is 0.897. The Kier molecular flexibility index (Phi) is 2.98. The Morgan fingerprint density at radius 2 is 2.50 bits per heavy atom. The minimum absolute atomic E-state index is 0.479. The molecule has 1 saturated heterocycles. The molecule has 1 N–H and O–H groups in total. The molecule has 0 aromatic carbocycles. The molecule has 1 aromatic rings. The van der Waals surface area contributed by atoms with Gasteiger partial charge in [0.2, 0.25) is 0 Å². The lowest BCUT2D eigenvalue weighted by Gasteiger charge is -2.18. The molecule has 0 saturated carbocycles. The van der Waals surface area contributed by atoms with E-state index in [4.69, 9.17) is 0 Å². The molecule has 2 nitrogen and oxygen atoms in total. The Labute approximate surface area is 96.7 Å². The second-order valence-electron chi connectivity index (χ2n) is 4.22. The van der Waals surface area contributed by atoms with Crippen LogP contribution < -0.4 is 0 Å². The normalized spacial score (nSPS) is 28.5. The van der Waals surface area contributed by atoms with Gasteiger partial charge in [-0.25, -0.2) is 0 Å². The molecule has 1 aliphatic rings. The molecule has 4 heteroatoms. The Hall–Kier alpha value is 0.100. The van der Waals surface area contributed by atoms with Gasteiger partial charge >= 0.3 is 0 Å². The van der Waals surface area contributed by atoms with Gasteiger partial charge in [0.1, 0.15) is 0 Å². The minimum atomic E-state index is -0.479. The Morgan fingerprint density at radius 3 is 3.00 bits per heavy atom. The fourth-order valence-corrected chi connectivity index (χ4v) is 3.06. The van der Waals surface area contributed by atoms with Gasteiger partial charge in [-0.1, -0.05) is 0 Å². The van der Waals surface area contributed by atoms with Gasteiger partial charge in [-0.2, -0.15) is 0 Å². The van der Waals surface area contributed by atoms with E-state index in [2.05, 4.69) is 32.3 Å². The van der Waals surface area contributed by atoms with Crippen LogP contribution in [0.1, 0.15) is 18.9 Å². The first-order chi connectivity index (χ1) is 6.55. The Balaban J connectivity index is 1.94. The van der Waals surface area contributed by atoms with Crippen LogP contribution >= 0.6 is 27.3 Å². The maximum atomic E-state index is 9.80. The first kappa shape index (κ1) is 10.6. The van der Waals surface area contributed by atoms with E-state index >= 15 is 0 Å². The number of nitrogens with zero attached hydrogens (tertiary/aromatic N) is 1. The van der Waals surface area contributed by atoms with Crippen molar-refractivity contribution in [2.24, 2.45) is 0 Å². The highest BCUT2D eigenvalue weighted by Crippen LogP contribution is 2.25. The van der Waals surface area contributed by atoms with Gasteiger partial charge in [-0.3, -0.25) is 4.90 Å². The molecule has 0 amide bonds. The molecule has 1 fully saturated rings. The third-order valence-electron chi connectivity index (χ3n) is 2.56. The van der Waals surface area contributed by atoms with Crippen LogP contribution in [0.3, 0.4) is 0 Å². The van der Waals surface area contributed by atoms with Crippen molar-refractivity contribution in [1.82, 2.24) is 4.90 Å². The lowest BCUT2D eigenvalue weighted by atomic mass is 10.1. The number of hydrogen-bond donors (Lipinski definition) is 1. The number of β-amino-alcohol motifs (C(OH)–C–C–N with tert-alkyl or cyclic N) is 1. The van der Waals surface area contributed by atoms with Crippen molar-refractivity contribution < 1.29 is 5.11 Å². The van der Waals surface area contributed by atoms with Crippen LogP contribution in [-0.4, -0.2) is 28.7 Å². The third-order valence-corrected chi connectivity index (χ3v) is 4.11. The zero-order valence-corrected chi connectivity index (χ0v) is 10.6. The summed E-state index contributed by atoms with van der Waals surface area (Å²) in [5.41, 5.74) is 0.854. The average molecular weight is 276 g/mol. The fraction of sp³-hybridized carbons (Fsp3) is 0.600. The van der Waals surface area contributed by atoms with Crippen LogP contribution in [0.4, 0.5) is 0 Å². The van der Waals surface area contributed by atoms with Crippen LogP contribution in [-0.2, 0) is 6.54 Å². The molecule has 0 spiro atoms. The average Bonchev–Trinajstić information content (AvgIpc) is 2.59. The van der Waals surface area contributed by atoms with E-state index in [1.165, 1.54) is 9.35 Å². The SMILES string of the molecule is CC1(O)CCN(Cc2csc(Br)c2)C1. The summed E-state index contributed by atoms with van der Waals surface area (Å²) >= 11 is 5.17. The molecule has 1 atom stereocenters. The number of hydrogen-bond acceptors (Lipinski definition) is 3. The van der Waals surface area contributed by atoms with Gasteiger partial charge in [0, 0.05) is 19.6 Å². The molecule has 0 aliphatic carbocycles. The highest BCUT2D eigenvalue weighted by atomic mass is 79.9. The maximum Gasteiger partial charge on any atom is 0.0758 e. The van der Waals surface area contributed by atoms with E-state index in [-0.39, 0.29) is 0 Å². The molecular formula is C10H14BrNOS. The highest BCUT2D eigenvalue weighted by molar-refractivity contribution is 9.11. The zero-order chi connectivity index (χ0) is 10.2. The standard InChI is InChI=1S/C10H14BrNOS/c1-10(13)2-3-12(7-10)5-8-4-9(11)14-6-8/h4,6,13H,2-3,5,7H2,1H3. The van der Waals surface area contributed by atoms with E-state index in [0.717, 1.165) is 26.1 Å². The van der Waals surface area contributed by atoms with Gasteiger partial charge in [0.15, 0.2) is 0 Å². The molecule has 14 heavy (non-hydrogen) atoms. The lowest BCUT2D eigenvalue weighted by Crippen LogP contribution is -2.29. The van der Waals surface area contributed by atoms with E-state index in [9.17, 15) is 5.11 Å². The van der Waals surface area contributed by atoms with Crippen molar-refractivity contribution in [3.05, 3.63) is 20.8 Å². The summed E-state index contributed by atoms with van der Waals surface area (Å²) < 4.78 is 1.18. The first-order valence-electron chi connectivity index (χ1n) is 4.73. The molecular weight excluding hydrogens is 262 g/mol. The molecule has 0 radical (unpaired) electrons. The van der Waals surface area contributed by atoms with E-state index < -0.39 is 5.60 Å². The van der Waals surface area contributed by atoms with Crippen molar-refractivity contribution >= 4 is 27.3 Å². The number of aliphatic hydroxyl groups is 1. The smallest absolute Gasteiger partial charge is 0.0758 e. The van der Waals surface area contributed by atoms with Crippen LogP contribution in [0.5, 0.6) is 0 Å². The summed E-state index contributed by atoms with van der Waals surface area (Å²) in [7, 11) is 0. The molecule has 1 unspecified atom stereocenters. The van der Waals surface area contributed by atoms with Gasteiger partial charge < -0.3 is 5.11 Å². The number of likely N-dealkylation sites (tertiary alicyclic amines) is 1. The van der Waals surface area contributed by atoms with Crippen LogP contribution in [0.2, 0.25) is 0 Å². The predicted octanol–water partition coefficient (Wildman–Crippen LogP) is 2.47. The molecule has 78 valence electrons. The lowest BCUT2D eigenvalue weighted by molar-refractivity contribution is 0.0679. The molecule has 2 rings (SSSR count). The zero-order valence-electron chi connectivity index (χ0n) is 8.16. The summed E-state index contributed by atoms with van der Waals surface area (Å²) in [5.74, 6) is 0.